The predicted octanol–water partition coefficient (Wildman–Crippen LogP) is 1.05. The Morgan fingerprint density at radius 3 is 2.00 bits per heavy atom. The summed E-state index contributed by atoms with van der Waals surface area (Å²) in [4.78, 5) is 101. The third-order valence-electron chi connectivity index (χ3n) is 13.9. The van der Waals surface area contributed by atoms with E-state index in [9.17, 15) is 38.4 Å². The molecule has 0 spiro atoms. The molecular weight excluding hydrogens is 1000 g/mol. The summed E-state index contributed by atoms with van der Waals surface area (Å²) in [5.41, 5.74) is 0. The van der Waals surface area contributed by atoms with Crippen LogP contribution in [0.4, 0.5) is 0 Å². The second kappa shape index (κ2) is 31.4. The molecule has 2 aliphatic carbocycles. The lowest BCUT2D eigenvalue weighted by Gasteiger charge is -2.52. The maximum atomic E-state index is 14.2. The van der Waals surface area contributed by atoms with E-state index >= 15 is 0 Å². The van der Waals surface area contributed by atoms with Crippen molar-refractivity contribution >= 4 is 47.5 Å². The number of hydrogen-bond acceptors (Lipinski definition) is 20. The third-order valence-corrected chi connectivity index (χ3v) is 13.9. The number of esters is 4. The Morgan fingerprint density at radius 1 is 0.671 bits per heavy atom. The smallest absolute Gasteiger partial charge is 0.303 e. The van der Waals surface area contributed by atoms with E-state index in [-0.39, 0.29) is 96.5 Å². The van der Waals surface area contributed by atoms with Crippen molar-refractivity contribution in [1.82, 2.24) is 21.3 Å². The molecule has 0 aromatic heterocycles. The Kier molecular flexibility index (Phi) is 25.6. The van der Waals surface area contributed by atoms with Gasteiger partial charge in [-0.1, -0.05) is 45.4 Å². The van der Waals surface area contributed by atoms with Gasteiger partial charge in [0, 0.05) is 66.6 Å². The summed E-state index contributed by atoms with van der Waals surface area (Å²) in [7, 11) is 0. The number of nitrogens with one attached hydrogen (secondary N) is 4. The van der Waals surface area contributed by atoms with Crippen LogP contribution in [0.25, 0.3) is 0 Å². The van der Waals surface area contributed by atoms with Crippen molar-refractivity contribution in [2.24, 2.45) is 17.8 Å². The van der Waals surface area contributed by atoms with Crippen LogP contribution in [0.3, 0.4) is 0 Å². The molecule has 4 amide bonds. The molecule has 5 fully saturated rings. The minimum Gasteiger partial charge on any atom is -0.463 e. The molecule has 428 valence electrons. The first-order chi connectivity index (χ1) is 36.4. The van der Waals surface area contributed by atoms with Gasteiger partial charge < -0.3 is 78.1 Å². The second-order valence-corrected chi connectivity index (χ2v) is 19.9. The number of amides is 4. The Morgan fingerprint density at radius 2 is 1.34 bits per heavy atom. The lowest BCUT2D eigenvalue weighted by atomic mass is 9.75. The highest BCUT2D eigenvalue weighted by Crippen LogP contribution is 2.42. The first-order valence-electron chi connectivity index (χ1n) is 26.6. The number of carbonyl (C=O) groups is 8. The Hall–Kier alpha value is -5.00. The third kappa shape index (κ3) is 19.5. The molecular formula is C52H80N4O20. The van der Waals surface area contributed by atoms with Crippen molar-refractivity contribution in [3.05, 3.63) is 0 Å². The van der Waals surface area contributed by atoms with Gasteiger partial charge in [0.15, 0.2) is 30.9 Å². The maximum absolute atomic E-state index is 14.2. The van der Waals surface area contributed by atoms with Gasteiger partial charge in [-0.3, -0.25) is 38.4 Å². The van der Waals surface area contributed by atoms with Crippen LogP contribution in [-0.2, 0) is 95.2 Å². The lowest BCUT2D eigenvalue weighted by molar-refractivity contribution is -0.349. The number of hydrogen-bond donors (Lipinski definition) is 4. The van der Waals surface area contributed by atoms with E-state index in [2.05, 4.69) is 21.3 Å². The van der Waals surface area contributed by atoms with E-state index in [4.69, 9.17) is 63.3 Å². The van der Waals surface area contributed by atoms with Crippen molar-refractivity contribution in [2.75, 3.05) is 59.3 Å². The Bertz CT molecular complexity index is 1980. The van der Waals surface area contributed by atoms with Gasteiger partial charge in [-0.2, -0.15) is 0 Å². The van der Waals surface area contributed by atoms with Crippen molar-refractivity contribution in [3.8, 4) is 12.3 Å². The molecule has 5 aliphatic rings. The average molecular weight is 1080 g/mol. The van der Waals surface area contributed by atoms with Gasteiger partial charge in [0.1, 0.15) is 31.0 Å². The summed E-state index contributed by atoms with van der Waals surface area (Å²) in [5.74, 6) is -3.17. The highest BCUT2D eigenvalue weighted by atomic mass is 16.8. The zero-order valence-corrected chi connectivity index (χ0v) is 44.9. The number of ether oxygens (including phenoxy) is 12. The zero-order chi connectivity index (χ0) is 55.3. The van der Waals surface area contributed by atoms with E-state index in [0.29, 0.717) is 12.3 Å². The SMILES string of the molecule is C#CC(=O)NCCOCCOCCC(=O)NCCNC(=O)C1CC(CC)C(O[C@@H]2OC(C)[C@@H](OC(C)=O)C(OC(C)=O)C2OC(C)=O)[C@H](O[C@@H]2OC(COC(C)=O)[C@@H]3OC[C@@H](CC4CCCCC4)OC3C2NC(C)=O)C1. The van der Waals surface area contributed by atoms with Gasteiger partial charge in [-0.15, -0.1) is 6.42 Å². The van der Waals surface area contributed by atoms with E-state index < -0.39 is 121 Å². The standard InChI is InChI=1S/C52H80N4O20/c1-9-36-25-37(50(64)55-18-17-53-42(63)16-20-65-22-23-66-21-19-54-41(62)10-2)26-39(45(36)76-52-49(72-34(8)61)48(71-33(7)60)44(29(3)69-52)70-32(6)59)74-51-43(56-30(4)57)47-46(40(75-51)28-67-31(5)58)68-27-38(73-47)24-35-14-12-11-13-15-35/h2,29,35-40,43-49,51-52H,9,11-28H2,1,3-8H3,(H,53,63)(H,54,62)(H,55,64)(H,56,57)/t29?,36?,37?,38-,39-,40?,43?,44-,45?,46+,47?,48?,49?,51-,52+/m1/s1. The molecule has 3 saturated heterocycles. The molecule has 15 atom stereocenters. The lowest BCUT2D eigenvalue weighted by Crippen LogP contribution is -2.69. The van der Waals surface area contributed by atoms with Crippen molar-refractivity contribution in [2.45, 2.75) is 192 Å². The molecule has 0 aromatic rings. The molecule has 76 heavy (non-hydrogen) atoms. The second-order valence-electron chi connectivity index (χ2n) is 19.9. The van der Waals surface area contributed by atoms with Crippen LogP contribution >= 0.6 is 0 Å². The summed E-state index contributed by atoms with van der Waals surface area (Å²) in [5, 5.41) is 11.2. The van der Waals surface area contributed by atoms with Crippen molar-refractivity contribution < 1.29 is 95.2 Å². The first kappa shape index (κ1) is 61.8. The summed E-state index contributed by atoms with van der Waals surface area (Å²) >= 11 is 0. The van der Waals surface area contributed by atoms with E-state index in [0.717, 1.165) is 46.0 Å². The Labute approximate surface area is 444 Å². The van der Waals surface area contributed by atoms with Crippen LogP contribution in [0.5, 0.6) is 0 Å². The zero-order valence-electron chi connectivity index (χ0n) is 44.9. The summed E-state index contributed by atoms with van der Waals surface area (Å²) in [6, 6.07) is -0.986. The predicted molar refractivity (Wildman–Crippen MR) is 264 cm³/mol. The molecule has 3 heterocycles. The fourth-order valence-corrected chi connectivity index (χ4v) is 10.6. The van der Waals surface area contributed by atoms with Crippen LogP contribution in [0.1, 0.15) is 113 Å². The van der Waals surface area contributed by atoms with E-state index in [1.165, 1.54) is 27.2 Å². The van der Waals surface area contributed by atoms with Crippen LogP contribution < -0.4 is 21.3 Å². The molecule has 2 saturated carbocycles. The van der Waals surface area contributed by atoms with E-state index in [1.54, 1.807) is 6.92 Å². The van der Waals surface area contributed by atoms with Crippen LogP contribution in [-0.4, -0.2) is 186 Å². The molecule has 3 aliphatic heterocycles. The number of fused-ring (bicyclic) bond motifs is 1. The molecule has 24 nitrogen and oxygen atoms in total. The molecule has 4 N–H and O–H groups in total. The number of carbonyl (C=O) groups excluding carboxylic acids is 8. The molecule has 0 radical (unpaired) electrons. The molecule has 24 heteroatoms. The monoisotopic (exact) mass is 1080 g/mol. The van der Waals surface area contributed by atoms with Crippen molar-refractivity contribution in [3.63, 3.8) is 0 Å². The first-order valence-corrected chi connectivity index (χ1v) is 26.6. The summed E-state index contributed by atoms with van der Waals surface area (Å²) in [6.45, 7) is 10.9. The van der Waals surface area contributed by atoms with Crippen LogP contribution in [0, 0.1) is 30.1 Å². The summed E-state index contributed by atoms with van der Waals surface area (Å²) < 4.78 is 73.4. The topological polar surface area (TPSA) is 295 Å². The molecule has 0 bridgehead atoms. The molecule has 9 unspecified atom stereocenters. The van der Waals surface area contributed by atoms with Crippen molar-refractivity contribution in [1.29, 1.82) is 0 Å². The molecule has 0 aromatic carbocycles. The van der Waals surface area contributed by atoms with Crippen LogP contribution in [0.15, 0.2) is 0 Å². The highest BCUT2D eigenvalue weighted by Gasteiger charge is 2.56. The average Bonchev–Trinajstić information content (AvgIpc) is 3.37. The maximum Gasteiger partial charge on any atom is 0.303 e. The largest absolute Gasteiger partial charge is 0.463 e. The fraction of sp³-hybridized carbons (Fsp3) is 0.808. The summed E-state index contributed by atoms with van der Waals surface area (Å²) in [6.07, 6.45) is -0.507. The molecule has 5 rings (SSSR count). The number of terminal acetylenes is 1. The van der Waals surface area contributed by atoms with Crippen LogP contribution in [0.2, 0.25) is 0 Å². The van der Waals surface area contributed by atoms with Gasteiger partial charge in [0.2, 0.25) is 17.7 Å². The minimum atomic E-state index is -1.45. The normalized spacial score (nSPS) is 31.5. The van der Waals surface area contributed by atoms with E-state index in [1.807, 2.05) is 12.8 Å². The number of rotatable bonds is 26. The van der Waals surface area contributed by atoms with Gasteiger partial charge in [0.25, 0.3) is 5.91 Å². The minimum absolute atomic E-state index is 0.0148. The van der Waals surface area contributed by atoms with Gasteiger partial charge >= 0.3 is 23.9 Å². The van der Waals surface area contributed by atoms with Gasteiger partial charge in [0.05, 0.1) is 57.5 Å². The Balaban J connectivity index is 1.37. The van der Waals surface area contributed by atoms with Gasteiger partial charge in [-0.25, -0.2) is 0 Å². The quantitative estimate of drug-likeness (QED) is 0.0407. The fourth-order valence-electron chi connectivity index (χ4n) is 10.6. The van der Waals surface area contributed by atoms with Gasteiger partial charge in [-0.05, 0) is 43.9 Å². The highest BCUT2D eigenvalue weighted by molar-refractivity contribution is 5.92.